The molecule has 14 nitrogen and oxygen atoms in total. The Labute approximate surface area is 346 Å². The van der Waals surface area contributed by atoms with Gasteiger partial charge >= 0.3 is 0 Å². The van der Waals surface area contributed by atoms with E-state index in [2.05, 4.69) is 33.1 Å². The van der Waals surface area contributed by atoms with Crippen molar-refractivity contribution in [1.82, 2.24) is 14.0 Å². The van der Waals surface area contributed by atoms with Crippen LogP contribution in [0.2, 0.25) is 0 Å². The summed E-state index contributed by atoms with van der Waals surface area (Å²) in [4.78, 5) is 59.3. The molecule has 60 heavy (non-hydrogen) atoms. The number of rotatable bonds is 12. The van der Waals surface area contributed by atoms with Gasteiger partial charge in [-0.2, -0.15) is 0 Å². The molecule has 0 spiro atoms. The number of ether oxygens (including phenoxy) is 2. The molecule has 0 aliphatic carbocycles. The van der Waals surface area contributed by atoms with Crippen LogP contribution in [0.1, 0.15) is 55.3 Å². The van der Waals surface area contributed by atoms with Crippen molar-refractivity contribution in [3.63, 3.8) is 0 Å². The summed E-state index contributed by atoms with van der Waals surface area (Å²) in [5.41, 5.74) is 13.9. The molecular weight excluding hydrogens is 761 g/mol. The number of nitrogens with one attached hydrogen (secondary N) is 3. The summed E-state index contributed by atoms with van der Waals surface area (Å²) in [6.07, 6.45) is 6.64. The van der Waals surface area contributed by atoms with E-state index in [0.717, 1.165) is 16.7 Å². The average Bonchev–Trinajstić information content (AvgIpc) is 3.79. The van der Waals surface area contributed by atoms with Gasteiger partial charge in [0.2, 0.25) is 5.91 Å². The van der Waals surface area contributed by atoms with E-state index in [0.29, 0.717) is 76.3 Å². The van der Waals surface area contributed by atoms with Gasteiger partial charge in [-0.1, -0.05) is 36.4 Å². The highest BCUT2D eigenvalue weighted by Crippen LogP contribution is 2.38. The van der Waals surface area contributed by atoms with Crippen LogP contribution in [0.3, 0.4) is 0 Å². The molecular formula is C46H44N8O6. The first-order chi connectivity index (χ1) is 29.0. The third kappa shape index (κ3) is 8.34. The van der Waals surface area contributed by atoms with E-state index in [1.54, 1.807) is 84.0 Å². The van der Waals surface area contributed by atoms with Gasteiger partial charge in [-0.3, -0.25) is 24.2 Å². The summed E-state index contributed by atoms with van der Waals surface area (Å²) >= 11 is 0. The Hall–Kier alpha value is -7.61. The molecule has 0 bridgehead atoms. The molecule has 14 heteroatoms. The molecule has 4 amide bonds. The zero-order chi connectivity index (χ0) is 41.9. The quantitative estimate of drug-likeness (QED) is 0.0747. The maximum atomic E-state index is 13.7. The van der Waals surface area contributed by atoms with Gasteiger partial charge < -0.3 is 45.2 Å². The lowest BCUT2D eigenvalue weighted by atomic mass is 9.94. The van der Waals surface area contributed by atoms with Crippen molar-refractivity contribution in [1.29, 1.82) is 0 Å². The topological polar surface area (TPSA) is 174 Å². The lowest BCUT2D eigenvalue weighted by Crippen LogP contribution is -2.44. The molecule has 0 saturated carbocycles. The second kappa shape index (κ2) is 16.7. The molecule has 4 aromatic carbocycles. The number of benzene rings is 4. The summed E-state index contributed by atoms with van der Waals surface area (Å²) in [6, 6.07) is 29.1. The number of hydrogen-bond acceptors (Lipinski definition) is 8. The predicted octanol–water partition coefficient (Wildman–Crippen LogP) is 7.21. The van der Waals surface area contributed by atoms with Crippen LogP contribution < -0.4 is 31.2 Å². The Morgan fingerprint density at radius 2 is 1.43 bits per heavy atom. The molecule has 6 aromatic rings. The number of carbonyl (C=O) groups is 4. The summed E-state index contributed by atoms with van der Waals surface area (Å²) in [5, 5.41) is 8.66. The number of carbonyl (C=O) groups excluding carboxylic acids is 4. The zero-order valence-electron chi connectivity index (χ0n) is 33.4. The number of aliphatic imine (C=N–C) groups is 1. The molecule has 1 unspecified atom stereocenters. The second-order valence-electron chi connectivity index (χ2n) is 14.8. The van der Waals surface area contributed by atoms with Crippen LogP contribution in [-0.4, -0.2) is 63.6 Å². The second-order valence-corrected chi connectivity index (χ2v) is 14.8. The van der Waals surface area contributed by atoms with Crippen LogP contribution in [0.15, 0.2) is 114 Å². The molecule has 0 saturated heterocycles. The summed E-state index contributed by atoms with van der Waals surface area (Å²) in [7, 11) is 5.06. The summed E-state index contributed by atoms with van der Waals surface area (Å²) in [5.74, 6) is -0.101. The first kappa shape index (κ1) is 39.2. The maximum absolute atomic E-state index is 13.7. The fraction of sp³-hybridized carbons (Fsp3) is 0.196. The standard InChI is InChI=1S/C46H44N8O6/c1-52-25-31(20-39(52)44(56)51-34-16-12-32(47)13-17-34)28-10-14-33(15-11-28)50-45(57)40-21-35(27-53(40)2)49-43(55)9-6-18-60-42-23-38-37(22-41(42)59-3)46(58)54-26-30-8-5-4-7-29(30)19-36(54)24-48-38/h4-5,7-8,10-17,20-25,27,36H,6,9,18-19,26,47H2,1-3H3,(H,49,55)(H,50,57)(H,51,56). The van der Waals surface area contributed by atoms with E-state index in [4.69, 9.17) is 15.2 Å². The van der Waals surface area contributed by atoms with E-state index in [-0.39, 0.29) is 42.7 Å². The third-order valence-corrected chi connectivity index (χ3v) is 10.7. The summed E-state index contributed by atoms with van der Waals surface area (Å²) < 4.78 is 15.0. The lowest BCUT2D eigenvalue weighted by Gasteiger charge is -2.34. The number of anilines is 4. The molecule has 0 radical (unpaired) electrons. The molecule has 1 atom stereocenters. The van der Waals surface area contributed by atoms with Crippen molar-refractivity contribution in [2.75, 3.05) is 35.4 Å². The van der Waals surface area contributed by atoms with Crippen LogP contribution in [0, 0.1) is 0 Å². The maximum Gasteiger partial charge on any atom is 0.272 e. The monoisotopic (exact) mass is 804 g/mol. The molecule has 2 aromatic heterocycles. The van der Waals surface area contributed by atoms with Crippen molar-refractivity contribution in [3.05, 3.63) is 138 Å². The Bertz CT molecular complexity index is 2640. The summed E-state index contributed by atoms with van der Waals surface area (Å²) in [6.45, 7) is 0.728. The minimum Gasteiger partial charge on any atom is -0.493 e. The van der Waals surface area contributed by atoms with Gasteiger partial charge in [0, 0.05) is 74.4 Å². The Morgan fingerprint density at radius 1 is 0.767 bits per heavy atom. The van der Waals surface area contributed by atoms with Crippen LogP contribution in [0.25, 0.3) is 11.1 Å². The number of nitrogen functional groups attached to an aromatic ring is 1. The number of fused-ring (bicyclic) bond motifs is 3. The van der Waals surface area contributed by atoms with Crippen molar-refractivity contribution in [2.24, 2.45) is 19.1 Å². The van der Waals surface area contributed by atoms with Crippen LogP contribution in [-0.2, 0) is 31.9 Å². The van der Waals surface area contributed by atoms with E-state index in [1.165, 1.54) is 12.7 Å². The number of aromatic nitrogens is 2. The molecule has 304 valence electrons. The van der Waals surface area contributed by atoms with Gasteiger partial charge in [0.15, 0.2) is 11.5 Å². The van der Waals surface area contributed by atoms with Crippen molar-refractivity contribution in [2.45, 2.75) is 31.8 Å². The van der Waals surface area contributed by atoms with Crippen LogP contribution >= 0.6 is 0 Å². The van der Waals surface area contributed by atoms with Gasteiger partial charge in [-0.15, -0.1) is 0 Å². The van der Waals surface area contributed by atoms with Crippen LogP contribution in [0.5, 0.6) is 11.5 Å². The van der Waals surface area contributed by atoms with E-state index < -0.39 is 0 Å². The van der Waals surface area contributed by atoms with Gasteiger partial charge in [0.05, 0.1) is 36.7 Å². The highest BCUT2D eigenvalue weighted by atomic mass is 16.5. The number of aryl methyl sites for hydroxylation is 2. The molecule has 2 aliphatic heterocycles. The highest BCUT2D eigenvalue weighted by molar-refractivity contribution is 6.06. The van der Waals surface area contributed by atoms with Crippen molar-refractivity contribution >= 4 is 58.3 Å². The molecule has 8 rings (SSSR count). The lowest BCUT2D eigenvalue weighted by molar-refractivity contribution is -0.116. The molecule has 5 N–H and O–H groups in total. The van der Waals surface area contributed by atoms with Crippen molar-refractivity contribution < 1.29 is 28.7 Å². The minimum atomic E-state index is -0.345. The number of hydrogen-bond donors (Lipinski definition) is 4. The normalized spacial score (nSPS) is 14.0. The Kier molecular flexibility index (Phi) is 10.9. The average molecular weight is 805 g/mol. The van der Waals surface area contributed by atoms with Gasteiger partial charge in [-0.25, -0.2) is 0 Å². The molecule has 0 fully saturated rings. The van der Waals surface area contributed by atoms with Gasteiger partial charge in [-0.05, 0) is 84.1 Å². The number of amides is 4. The van der Waals surface area contributed by atoms with Gasteiger partial charge in [0.25, 0.3) is 17.7 Å². The largest absolute Gasteiger partial charge is 0.493 e. The fourth-order valence-corrected chi connectivity index (χ4v) is 7.47. The first-order valence-electron chi connectivity index (χ1n) is 19.5. The molecule has 4 heterocycles. The number of nitrogens with zero attached hydrogens (tertiary/aromatic N) is 4. The van der Waals surface area contributed by atoms with Crippen LogP contribution in [0.4, 0.5) is 28.4 Å². The SMILES string of the molecule is COc1cc2c(cc1OCCCC(=O)Nc1cc(C(=O)Nc3ccc(-c4cc(C(=O)Nc5ccc(N)cc5)n(C)c4)cc3)n(C)c1)N=CC1Cc3ccccc3CN1C2=O. The Morgan fingerprint density at radius 3 is 2.15 bits per heavy atom. The number of methoxy groups -OCH3 is 1. The third-order valence-electron chi connectivity index (χ3n) is 10.7. The predicted molar refractivity (Wildman–Crippen MR) is 231 cm³/mol. The van der Waals surface area contributed by atoms with E-state index in [9.17, 15) is 19.2 Å². The van der Waals surface area contributed by atoms with Crippen molar-refractivity contribution in [3.8, 4) is 22.6 Å². The minimum absolute atomic E-state index is 0.113. The highest BCUT2D eigenvalue weighted by Gasteiger charge is 2.33. The zero-order valence-corrected chi connectivity index (χ0v) is 33.4. The van der Waals surface area contributed by atoms with Gasteiger partial charge in [0.1, 0.15) is 11.4 Å². The Balaban J connectivity index is 0.825. The van der Waals surface area contributed by atoms with E-state index >= 15 is 0 Å². The molecule has 2 aliphatic rings. The first-order valence-corrected chi connectivity index (χ1v) is 19.5. The fourth-order valence-electron chi connectivity index (χ4n) is 7.47. The smallest absolute Gasteiger partial charge is 0.272 e. The van der Waals surface area contributed by atoms with E-state index in [1.807, 2.05) is 47.6 Å². The number of nitrogens with two attached hydrogens (primary N) is 1.